The van der Waals surface area contributed by atoms with Crippen LogP contribution in [0.1, 0.15) is 10.4 Å². The summed E-state index contributed by atoms with van der Waals surface area (Å²) in [6.07, 6.45) is 0. The van der Waals surface area contributed by atoms with E-state index in [1.54, 1.807) is 30.2 Å². The van der Waals surface area contributed by atoms with Gasteiger partial charge >= 0.3 is 0 Å². The lowest BCUT2D eigenvalue weighted by Crippen LogP contribution is -2.46. The molecule has 0 atom stereocenters. The predicted octanol–water partition coefficient (Wildman–Crippen LogP) is 1.82. The fourth-order valence-corrected chi connectivity index (χ4v) is 2.15. The molecule has 1 saturated heterocycles. The molecule has 2 rings (SSSR count). The van der Waals surface area contributed by atoms with Gasteiger partial charge in [0, 0.05) is 26.2 Å². The second-order valence-corrected chi connectivity index (χ2v) is 4.27. The van der Waals surface area contributed by atoms with Gasteiger partial charge in [-0.05, 0) is 12.1 Å². The van der Waals surface area contributed by atoms with Crippen LogP contribution in [0.15, 0.2) is 18.2 Å². The quantitative estimate of drug-likeness (QED) is 0.903. The van der Waals surface area contributed by atoms with Crippen LogP contribution in [0.2, 0.25) is 5.02 Å². The molecule has 4 nitrogen and oxygen atoms in total. The predicted molar refractivity (Wildman–Crippen MR) is 74.0 cm³/mol. The molecule has 1 aliphatic heterocycles. The fraction of sp³-hybridized carbons (Fsp3) is 0.417. The van der Waals surface area contributed by atoms with E-state index >= 15 is 0 Å². The van der Waals surface area contributed by atoms with Crippen LogP contribution in [0.25, 0.3) is 0 Å². The summed E-state index contributed by atoms with van der Waals surface area (Å²) in [5.74, 6) is 0.468. The van der Waals surface area contributed by atoms with Gasteiger partial charge in [0.15, 0.2) is 0 Å². The van der Waals surface area contributed by atoms with Gasteiger partial charge < -0.3 is 15.0 Å². The summed E-state index contributed by atoms with van der Waals surface area (Å²) in [5.41, 5.74) is 0.457. The molecule has 0 aliphatic carbocycles. The standard InChI is InChI=1S/C12H15ClN2O2.ClH/c1-17-10-4-2-3-9(13)11(10)12(16)15-7-5-14-6-8-15;/h2-4,14H,5-8H2,1H3;1H. The van der Waals surface area contributed by atoms with E-state index in [1.807, 2.05) is 0 Å². The summed E-state index contributed by atoms with van der Waals surface area (Å²) >= 11 is 6.08. The molecular weight excluding hydrogens is 275 g/mol. The molecule has 0 aromatic heterocycles. The van der Waals surface area contributed by atoms with Gasteiger partial charge in [0.1, 0.15) is 11.3 Å². The van der Waals surface area contributed by atoms with Crippen LogP contribution < -0.4 is 10.1 Å². The molecule has 0 spiro atoms. The lowest BCUT2D eigenvalue weighted by Gasteiger charge is -2.28. The van der Waals surface area contributed by atoms with E-state index in [-0.39, 0.29) is 18.3 Å². The van der Waals surface area contributed by atoms with Crippen LogP contribution >= 0.6 is 24.0 Å². The largest absolute Gasteiger partial charge is 0.496 e. The van der Waals surface area contributed by atoms with Gasteiger partial charge in [0.05, 0.1) is 12.1 Å². The van der Waals surface area contributed by atoms with Gasteiger partial charge in [-0.15, -0.1) is 12.4 Å². The Kier molecular flexibility index (Phi) is 5.72. The first-order chi connectivity index (χ1) is 8.24. The minimum absolute atomic E-state index is 0. The Labute approximate surface area is 118 Å². The number of hydrogen-bond acceptors (Lipinski definition) is 3. The first-order valence-electron chi connectivity index (χ1n) is 5.56. The number of carbonyl (C=O) groups is 1. The Bertz CT molecular complexity index is 421. The van der Waals surface area contributed by atoms with Crippen molar-refractivity contribution in [2.45, 2.75) is 0 Å². The Balaban J connectivity index is 0.00000162. The zero-order chi connectivity index (χ0) is 12.3. The van der Waals surface area contributed by atoms with Gasteiger partial charge in [-0.25, -0.2) is 0 Å². The van der Waals surface area contributed by atoms with Crippen molar-refractivity contribution in [3.8, 4) is 5.75 Å². The van der Waals surface area contributed by atoms with Gasteiger partial charge in [-0.2, -0.15) is 0 Å². The number of halogens is 2. The van der Waals surface area contributed by atoms with E-state index < -0.39 is 0 Å². The number of methoxy groups -OCH3 is 1. The monoisotopic (exact) mass is 290 g/mol. The summed E-state index contributed by atoms with van der Waals surface area (Å²) in [5, 5.41) is 3.64. The van der Waals surface area contributed by atoms with E-state index in [1.165, 1.54) is 0 Å². The molecule has 1 N–H and O–H groups in total. The Morgan fingerprint density at radius 1 is 1.39 bits per heavy atom. The highest BCUT2D eigenvalue weighted by Crippen LogP contribution is 2.27. The molecule has 1 heterocycles. The van der Waals surface area contributed by atoms with Crippen LogP contribution in [-0.4, -0.2) is 44.1 Å². The molecule has 6 heteroatoms. The van der Waals surface area contributed by atoms with E-state index in [0.717, 1.165) is 13.1 Å². The van der Waals surface area contributed by atoms with Crippen LogP contribution in [0.5, 0.6) is 5.75 Å². The van der Waals surface area contributed by atoms with Gasteiger partial charge in [0.2, 0.25) is 0 Å². The van der Waals surface area contributed by atoms with E-state index in [9.17, 15) is 4.79 Å². The minimum atomic E-state index is -0.0612. The average molecular weight is 291 g/mol. The Hall–Kier alpha value is -0.970. The highest BCUT2D eigenvalue weighted by molar-refractivity contribution is 6.34. The van der Waals surface area contributed by atoms with Gasteiger partial charge in [-0.3, -0.25) is 4.79 Å². The molecule has 100 valence electrons. The molecular formula is C12H16Cl2N2O2. The summed E-state index contributed by atoms with van der Waals surface area (Å²) in [7, 11) is 1.54. The average Bonchev–Trinajstić information content (AvgIpc) is 2.38. The van der Waals surface area contributed by atoms with Crippen molar-refractivity contribution in [2.75, 3.05) is 33.3 Å². The summed E-state index contributed by atoms with van der Waals surface area (Å²) < 4.78 is 5.19. The van der Waals surface area contributed by atoms with Crippen LogP contribution in [-0.2, 0) is 0 Å². The molecule has 0 unspecified atom stereocenters. The third-order valence-electron chi connectivity index (χ3n) is 2.81. The maximum absolute atomic E-state index is 12.3. The molecule has 1 aliphatic rings. The second kappa shape index (κ2) is 6.83. The van der Waals surface area contributed by atoms with Crippen molar-refractivity contribution in [2.24, 2.45) is 0 Å². The van der Waals surface area contributed by atoms with Crippen molar-refractivity contribution < 1.29 is 9.53 Å². The number of hydrogen-bond donors (Lipinski definition) is 1. The van der Waals surface area contributed by atoms with Crippen molar-refractivity contribution in [1.29, 1.82) is 0 Å². The van der Waals surface area contributed by atoms with Crippen LogP contribution in [0, 0.1) is 0 Å². The van der Waals surface area contributed by atoms with Crippen LogP contribution in [0.3, 0.4) is 0 Å². The Morgan fingerprint density at radius 2 is 2.06 bits per heavy atom. The third kappa shape index (κ3) is 3.07. The topological polar surface area (TPSA) is 41.6 Å². The number of carbonyl (C=O) groups excluding carboxylic acids is 1. The first kappa shape index (κ1) is 15.1. The van der Waals surface area contributed by atoms with Gasteiger partial charge in [-0.1, -0.05) is 17.7 Å². The maximum Gasteiger partial charge on any atom is 0.259 e. The molecule has 0 saturated carbocycles. The summed E-state index contributed by atoms with van der Waals surface area (Å²) in [6.45, 7) is 3.04. The highest BCUT2D eigenvalue weighted by Gasteiger charge is 2.23. The second-order valence-electron chi connectivity index (χ2n) is 3.86. The van der Waals surface area contributed by atoms with E-state index in [2.05, 4.69) is 5.32 Å². The fourth-order valence-electron chi connectivity index (χ4n) is 1.91. The number of benzene rings is 1. The minimum Gasteiger partial charge on any atom is -0.496 e. The zero-order valence-corrected chi connectivity index (χ0v) is 11.7. The molecule has 0 bridgehead atoms. The Morgan fingerprint density at radius 3 is 2.67 bits per heavy atom. The molecule has 1 amide bonds. The number of nitrogens with zero attached hydrogens (tertiary/aromatic N) is 1. The molecule has 18 heavy (non-hydrogen) atoms. The number of rotatable bonds is 2. The highest BCUT2D eigenvalue weighted by atomic mass is 35.5. The normalized spacial score (nSPS) is 14.9. The molecule has 1 fully saturated rings. The maximum atomic E-state index is 12.3. The van der Waals surface area contributed by atoms with Crippen molar-refractivity contribution >= 4 is 29.9 Å². The number of amides is 1. The number of ether oxygens (including phenoxy) is 1. The summed E-state index contributed by atoms with van der Waals surface area (Å²) in [4.78, 5) is 14.1. The summed E-state index contributed by atoms with van der Waals surface area (Å²) in [6, 6.07) is 5.23. The third-order valence-corrected chi connectivity index (χ3v) is 3.13. The molecule has 1 aromatic carbocycles. The molecule has 0 radical (unpaired) electrons. The lowest BCUT2D eigenvalue weighted by atomic mass is 10.1. The van der Waals surface area contributed by atoms with Crippen LogP contribution in [0.4, 0.5) is 0 Å². The van der Waals surface area contributed by atoms with Crippen molar-refractivity contribution in [3.63, 3.8) is 0 Å². The molecule has 1 aromatic rings. The van der Waals surface area contributed by atoms with E-state index in [4.69, 9.17) is 16.3 Å². The van der Waals surface area contributed by atoms with E-state index in [0.29, 0.717) is 29.4 Å². The zero-order valence-electron chi connectivity index (χ0n) is 10.1. The smallest absolute Gasteiger partial charge is 0.259 e. The lowest BCUT2D eigenvalue weighted by molar-refractivity contribution is 0.0732. The number of nitrogens with one attached hydrogen (secondary N) is 1. The first-order valence-corrected chi connectivity index (χ1v) is 5.94. The van der Waals surface area contributed by atoms with Crippen molar-refractivity contribution in [3.05, 3.63) is 28.8 Å². The van der Waals surface area contributed by atoms with Crippen molar-refractivity contribution in [1.82, 2.24) is 10.2 Å². The SMILES string of the molecule is COc1cccc(Cl)c1C(=O)N1CCNCC1.Cl. The van der Waals surface area contributed by atoms with Gasteiger partial charge in [0.25, 0.3) is 5.91 Å². The number of piperazine rings is 1.